The molecule has 0 amide bonds. The van der Waals surface area contributed by atoms with Crippen molar-refractivity contribution < 1.29 is 0 Å². The van der Waals surface area contributed by atoms with Crippen LogP contribution in [0.4, 0.5) is 34.1 Å². The largest absolute Gasteiger partial charge is 0.311 e. The van der Waals surface area contributed by atoms with Gasteiger partial charge in [0.15, 0.2) is 0 Å². The Balaban J connectivity index is 0.870. The van der Waals surface area contributed by atoms with Gasteiger partial charge in [0.1, 0.15) is 0 Å². The molecule has 4 nitrogen and oxygen atoms in total. The first-order valence-electron chi connectivity index (χ1n) is 40.1. The van der Waals surface area contributed by atoms with Crippen LogP contribution in [-0.2, 0) is 32.5 Å². The maximum Gasteiger partial charge on any atom is 0.252 e. The molecule has 16 aromatic rings. The number of para-hydroxylation sites is 2. The van der Waals surface area contributed by atoms with E-state index in [2.05, 4.69) is 413 Å². The monoisotopic (exact) mass is 1430 g/mol. The van der Waals surface area contributed by atoms with E-state index < -0.39 is 0 Å². The van der Waals surface area contributed by atoms with Gasteiger partial charge in [0.2, 0.25) is 0 Å². The minimum absolute atomic E-state index is 0.0615. The maximum absolute atomic E-state index is 2.64. The van der Waals surface area contributed by atoms with Gasteiger partial charge in [-0.1, -0.05) is 303 Å². The second kappa shape index (κ2) is 24.4. The first kappa shape index (κ1) is 68.6. The van der Waals surface area contributed by atoms with Crippen LogP contribution >= 0.6 is 0 Å². The lowest BCUT2D eigenvalue weighted by Gasteiger charge is -2.44. The van der Waals surface area contributed by atoms with Crippen molar-refractivity contribution in [2.75, 3.05) is 9.80 Å². The predicted molar refractivity (Wildman–Crippen MR) is 475 cm³/mol. The summed E-state index contributed by atoms with van der Waals surface area (Å²) in [6.07, 6.45) is 2.25. The molecule has 2 aliphatic carbocycles. The van der Waals surface area contributed by atoms with Crippen LogP contribution in [0.25, 0.3) is 111 Å². The van der Waals surface area contributed by atoms with Crippen molar-refractivity contribution in [1.29, 1.82) is 0 Å². The quantitative estimate of drug-likeness (QED) is 0.134. The van der Waals surface area contributed by atoms with Crippen molar-refractivity contribution in [3.63, 3.8) is 0 Å². The molecule has 0 atom stereocenters. The van der Waals surface area contributed by atoms with Crippen molar-refractivity contribution in [3.8, 4) is 67.0 Å². The SMILES string of the molecule is CC(C)(C)c1cc(-c2ccc3c(c2)N(c2ccc(-c4ccc5c(c4)C(C)(C)CC5(C)C)cc2)c2cc(-n4c5ccccc5c5ccccc54)cc4c2B3c2ccc(-n3c5ccc(-c6ccccc6)cc5c5cc(-c6ccccc6)ccc53)cc2N4c2ccc(-c3ccc4c(c3)C(C)(C)CC4(C)C)cc2)cc(C(C)(C)C)c1. The van der Waals surface area contributed by atoms with E-state index in [-0.39, 0.29) is 39.2 Å². The minimum atomic E-state index is -0.189. The van der Waals surface area contributed by atoms with Gasteiger partial charge >= 0.3 is 0 Å². The molecule has 0 radical (unpaired) electrons. The molecule has 0 spiro atoms. The molecular formula is C106H95BN4. The zero-order chi connectivity index (χ0) is 76.2. The standard InChI is InChI=1S/C106H95BN4/c1-101(2,3)76-53-75(54-77(60-76)102(4,5)6)74-39-49-90-96(59-74)108(78-42-33-68(34-43-78)72-37-47-86-88(57-72)105(11,12)64-103(86,7)8)98-62-81(111-92-31-23-21-29-82(92)83-30-22-24-32-93(83)111)63-99-100(98)107(90)91-50-46-80(61-97(91)109(99)79-44-35-69(36-45-79)73-38-48-87-89(58-73)106(13,14)65-104(87,9)10)110-94-51-40-70(66-25-17-15-18-26-66)55-84(94)85-56-71(41-52-95(85)110)67-27-19-16-20-28-67/h15-63H,64-65H2,1-14H3. The van der Waals surface area contributed by atoms with Crippen molar-refractivity contribution >= 4 is 101 Å². The van der Waals surface area contributed by atoms with Crippen LogP contribution in [-0.4, -0.2) is 15.8 Å². The number of benzene rings is 14. The predicted octanol–water partition coefficient (Wildman–Crippen LogP) is 26.8. The van der Waals surface area contributed by atoms with E-state index in [0.717, 1.165) is 63.7 Å². The van der Waals surface area contributed by atoms with Crippen LogP contribution < -0.4 is 26.2 Å². The molecule has 0 saturated heterocycles. The molecule has 542 valence electrons. The third-order valence-corrected chi connectivity index (χ3v) is 25.8. The van der Waals surface area contributed by atoms with Crippen LogP contribution in [0.15, 0.2) is 297 Å². The highest BCUT2D eigenvalue weighted by Crippen LogP contribution is 2.54. The molecule has 2 aliphatic heterocycles. The molecule has 0 fully saturated rings. The van der Waals surface area contributed by atoms with Gasteiger partial charge in [-0.25, -0.2) is 0 Å². The number of anilines is 6. The molecule has 2 aromatic heterocycles. The second-order valence-electron chi connectivity index (χ2n) is 37.2. The Morgan fingerprint density at radius 1 is 0.252 bits per heavy atom. The Kier molecular flexibility index (Phi) is 15.1. The second-order valence-corrected chi connectivity index (χ2v) is 37.2. The fraction of sp³-hybridized carbons (Fsp3) is 0.208. The summed E-state index contributed by atoms with van der Waals surface area (Å²) in [5.74, 6) is 0. The maximum atomic E-state index is 2.64. The Morgan fingerprint density at radius 2 is 0.595 bits per heavy atom. The topological polar surface area (TPSA) is 16.3 Å². The fourth-order valence-electron chi connectivity index (χ4n) is 20.7. The van der Waals surface area contributed by atoms with Crippen molar-refractivity contribution in [2.45, 2.75) is 142 Å². The van der Waals surface area contributed by atoms with Crippen molar-refractivity contribution in [3.05, 3.63) is 331 Å². The van der Waals surface area contributed by atoms with Gasteiger partial charge in [0.25, 0.3) is 6.71 Å². The molecule has 0 saturated carbocycles. The van der Waals surface area contributed by atoms with E-state index in [1.165, 1.54) is 144 Å². The fourth-order valence-corrected chi connectivity index (χ4v) is 20.7. The van der Waals surface area contributed by atoms with Crippen LogP contribution in [0.3, 0.4) is 0 Å². The number of rotatable bonds is 9. The van der Waals surface area contributed by atoms with E-state index in [0.29, 0.717) is 0 Å². The van der Waals surface area contributed by atoms with Gasteiger partial charge in [-0.3, -0.25) is 0 Å². The van der Waals surface area contributed by atoms with E-state index >= 15 is 0 Å². The first-order valence-corrected chi connectivity index (χ1v) is 40.1. The third-order valence-electron chi connectivity index (χ3n) is 25.8. The van der Waals surface area contributed by atoms with Crippen LogP contribution in [0.2, 0.25) is 0 Å². The summed E-state index contributed by atoms with van der Waals surface area (Å²) in [5, 5.41) is 4.88. The highest BCUT2D eigenvalue weighted by molar-refractivity contribution is 7.00. The Morgan fingerprint density at radius 3 is 1.06 bits per heavy atom. The molecule has 5 heteroatoms. The molecule has 14 aromatic carbocycles. The van der Waals surface area contributed by atoms with E-state index in [4.69, 9.17) is 0 Å². The molecular weight excluding hydrogens is 1340 g/mol. The highest BCUT2D eigenvalue weighted by Gasteiger charge is 2.47. The van der Waals surface area contributed by atoms with Gasteiger partial charge in [0.05, 0.1) is 27.8 Å². The molecule has 20 rings (SSSR count). The van der Waals surface area contributed by atoms with Gasteiger partial charge < -0.3 is 18.9 Å². The third kappa shape index (κ3) is 11.0. The number of hydrogen-bond acceptors (Lipinski definition) is 2. The summed E-state index contributed by atoms with van der Waals surface area (Å²) in [6, 6.07) is 115. The Labute approximate surface area is 655 Å². The molecule has 4 heterocycles. The normalized spacial score (nSPS) is 15.6. The van der Waals surface area contributed by atoms with Gasteiger partial charge in [-0.2, -0.15) is 0 Å². The van der Waals surface area contributed by atoms with E-state index in [1.54, 1.807) is 0 Å². The molecule has 0 bridgehead atoms. The molecule has 111 heavy (non-hydrogen) atoms. The smallest absolute Gasteiger partial charge is 0.252 e. The van der Waals surface area contributed by atoms with Gasteiger partial charge in [-0.15, -0.1) is 0 Å². The van der Waals surface area contributed by atoms with Crippen LogP contribution in [0, 0.1) is 0 Å². The summed E-state index contributed by atoms with van der Waals surface area (Å²) in [7, 11) is 0. The Hall–Kier alpha value is -11.7. The molecule has 4 aliphatic rings. The summed E-state index contributed by atoms with van der Waals surface area (Å²) in [4.78, 5) is 5.28. The lowest BCUT2D eigenvalue weighted by molar-refractivity contribution is 0.402. The van der Waals surface area contributed by atoms with Crippen LogP contribution in [0.1, 0.15) is 143 Å². The highest BCUT2D eigenvalue weighted by atomic mass is 15.2. The lowest BCUT2D eigenvalue weighted by Crippen LogP contribution is -2.61. The number of hydrogen-bond donors (Lipinski definition) is 0. The average molecular weight is 1440 g/mol. The lowest BCUT2D eigenvalue weighted by atomic mass is 9.33. The van der Waals surface area contributed by atoms with E-state index in [9.17, 15) is 0 Å². The summed E-state index contributed by atoms with van der Waals surface area (Å²) in [6.45, 7) is 33.3. The Bertz CT molecular complexity index is 6340. The summed E-state index contributed by atoms with van der Waals surface area (Å²) >= 11 is 0. The van der Waals surface area contributed by atoms with Crippen molar-refractivity contribution in [2.24, 2.45) is 0 Å². The number of aromatic nitrogens is 2. The molecule has 0 N–H and O–H groups in total. The van der Waals surface area contributed by atoms with Gasteiger partial charge in [0, 0.05) is 61.4 Å². The van der Waals surface area contributed by atoms with Crippen molar-refractivity contribution in [1.82, 2.24) is 9.13 Å². The number of fused-ring (bicyclic) bond motifs is 12. The zero-order valence-electron chi connectivity index (χ0n) is 66.6. The minimum Gasteiger partial charge on any atom is -0.311 e. The summed E-state index contributed by atoms with van der Waals surface area (Å²) in [5.41, 5.74) is 38.2. The van der Waals surface area contributed by atoms with E-state index in [1.807, 2.05) is 0 Å². The zero-order valence-corrected chi connectivity index (χ0v) is 66.6. The van der Waals surface area contributed by atoms with Gasteiger partial charge in [-0.05, 0) is 242 Å². The van der Waals surface area contributed by atoms with Crippen LogP contribution in [0.5, 0.6) is 0 Å². The molecule has 0 unspecified atom stereocenters. The average Bonchev–Trinajstić information content (AvgIpc) is 0.770. The number of nitrogens with zero attached hydrogens (tertiary/aromatic N) is 4. The first-order chi connectivity index (χ1) is 53.2. The summed E-state index contributed by atoms with van der Waals surface area (Å²) < 4.78 is 5.08.